The molecule has 0 spiro atoms. The summed E-state index contributed by atoms with van der Waals surface area (Å²) in [6.07, 6.45) is 39.8. The summed E-state index contributed by atoms with van der Waals surface area (Å²) in [5.41, 5.74) is 0. The summed E-state index contributed by atoms with van der Waals surface area (Å²) in [6.45, 7) is 4.14. The van der Waals surface area contributed by atoms with E-state index in [1.165, 1.54) is 141 Å². The lowest BCUT2D eigenvalue weighted by Gasteiger charge is -2.15. The van der Waals surface area contributed by atoms with Gasteiger partial charge in [0, 0.05) is 12.8 Å². The molecule has 0 rings (SSSR count). The summed E-state index contributed by atoms with van der Waals surface area (Å²) in [4.78, 5) is 24.2. The zero-order chi connectivity index (χ0) is 32.2. The van der Waals surface area contributed by atoms with E-state index >= 15 is 0 Å². The smallest absolute Gasteiger partial charge is 0.306 e. The Morgan fingerprint density at radius 2 is 0.841 bits per heavy atom. The van der Waals surface area contributed by atoms with Crippen molar-refractivity contribution in [3.8, 4) is 0 Å². The maximum absolute atomic E-state index is 12.1. The van der Waals surface area contributed by atoms with Crippen molar-refractivity contribution >= 4 is 11.9 Å². The van der Waals surface area contributed by atoms with Crippen LogP contribution in [0.4, 0.5) is 0 Å². The minimum absolute atomic E-state index is 0.0618. The Hall–Kier alpha value is -1.36. The van der Waals surface area contributed by atoms with Crippen molar-refractivity contribution in [1.29, 1.82) is 0 Å². The maximum atomic E-state index is 12.1. The maximum Gasteiger partial charge on any atom is 0.306 e. The number of aliphatic hydroxyl groups is 1. The van der Waals surface area contributed by atoms with Crippen LogP contribution in [0.1, 0.15) is 206 Å². The van der Waals surface area contributed by atoms with Crippen molar-refractivity contribution in [3.63, 3.8) is 0 Å². The van der Waals surface area contributed by atoms with E-state index in [0.717, 1.165) is 38.5 Å². The fraction of sp³-hybridized carbons (Fsp3) is 0.897. The second kappa shape index (κ2) is 36.1. The SMILES string of the molecule is CCCCCCCCC=CCCCCCCCCCC(=O)OC(CO)COC(=O)CCCCCCCCCCCCCCC. The molecule has 0 aliphatic heterocycles. The van der Waals surface area contributed by atoms with Crippen molar-refractivity contribution in [2.24, 2.45) is 0 Å². The Kier molecular flexibility index (Phi) is 35.0. The Balaban J connectivity index is 3.53. The molecule has 1 atom stereocenters. The van der Waals surface area contributed by atoms with Gasteiger partial charge in [-0.3, -0.25) is 9.59 Å². The second-order valence-corrected chi connectivity index (χ2v) is 13.0. The van der Waals surface area contributed by atoms with E-state index in [1.807, 2.05) is 0 Å². The molecule has 44 heavy (non-hydrogen) atoms. The monoisotopic (exact) mass is 623 g/mol. The van der Waals surface area contributed by atoms with E-state index in [1.54, 1.807) is 0 Å². The highest BCUT2D eigenvalue weighted by atomic mass is 16.6. The average Bonchev–Trinajstić information content (AvgIpc) is 3.02. The molecule has 0 aliphatic carbocycles. The van der Waals surface area contributed by atoms with Crippen LogP contribution in [0.25, 0.3) is 0 Å². The quantitative estimate of drug-likeness (QED) is 0.0432. The predicted molar refractivity (Wildman–Crippen MR) is 187 cm³/mol. The van der Waals surface area contributed by atoms with Crippen LogP contribution in [0.15, 0.2) is 12.2 Å². The highest BCUT2D eigenvalue weighted by Gasteiger charge is 2.16. The lowest BCUT2D eigenvalue weighted by Crippen LogP contribution is -2.28. The number of esters is 2. The first-order chi connectivity index (χ1) is 21.6. The Bertz CT molecular complexity index is 632. The summed E-state index contributed by atoms with van der Waals surface area (Å²) in [5, 5.41) is 9.53. The average molecular weight is 623 g/mol. The van der Waals surface area contributed by atoms with Crippen LogP contribution in [-0.4, -0.2) is 36.4 Å². The van der Waals surface area contributed by atoms with Gasteiger partial charge in [0.15, 0.2) is 6.10 Å². The molecule has 5 heteroatoms. The molecule has 1 unspecified atom stereocenters. The molecule has 0 radical (unpaired) electrons. The normalized spacial score (nSPS) is 12.2. The van der Waals surface area contributed by atoms with Gasteiger partial charge in [0.25, 0.3) is 0 Å². The van der Waals surface area contributed by atoms with E-state index in [-0.39, 0.29) is 25.2 Å². The molecule has 1 N–H and O–H groups in total. The van der Waals surface area contributed by atoms with Gasteiger partial charge in [-0.25, -0.2) is 0 Å². The number of unbranched alkanes of at least 4 members (excludes halogenated alkanes) is 25. The molecule has 0 fully saturated rings. The summed E-state index contributed by atoms with van der Waals surface area (Å²) in [5.74, 6) is -0.587. The summed E-state index contributed by atoms with van der Waals surface area (Å²) in [6, 6.07) is 0. The first-order valence-corrected chi connectivity index (χ1v) is 19.2. The van der Waals surface area contributed by atoms with Crippen LogP contribution in [0.3, 0.4) is 0 Å². The van der Waals surface area contributed by atoms with E-state index in [9.17, 15) is 14.7 Å². The van der Waals surface area contributed by atoms with Gasteiger partial charge < -0.3 is 14.6 Å². The largest absolute Gasteiger partial charge is 0.462 e. The molecule has 0 heterocycles. The standard InChI is InChI=1S/C39H74O5/c1-3-5-7-9-11-13-15-17-18-19-20-22-24-26-28-30-32-34-39(42)44-37(35-40)36-43-38(41)33-31-29-27-25-23-21-16-14-12-10-8-6-4-2/h17-18,37,40H,3-16,19-36H2,1-2H3. The lowest BCUT2D eigenvalue weighted by atomic mass is 10.0. The molecule has 5 nitrogen and oxygen atoms in total. The fourth-order valence-electron chi connectivity index (χ4n) is 5.61. The molecule has 0 aromatic heterocycles. The first-order valence-electron chi connectivity index (χ1n) is 19.2. The molecular formula is C39H74O5. The summed E-state index contributed by atoms with van der Waals surface area (Å²) >= 11 is 0. The second-order valence-electron chi connectivity index (χ2n) is 13.0. The van der Waals surface area contributed by atoms with Crippen LogP contribution in [0, 0.1) is 0 Å². The van der Waals surface area contributed by atoms with Gasteiger partial charge in [-0.15, -0.1) is 0 Å². The molecular weight excluding hydrogens is 548 g/mol. The van der Waals surface area contributed by atoms with Gasteiger partial charge in [-0.1, -0.05) is 167 Å². The first kappa shape index (κ1) is 42.6. The number of aliphatic hydroxyl groups excluding tert-OH is 1. The zero-order valence-corrected chi connectivity index (χ0v) is 29.4. The molecule has 0 saturated heterocycles. The molecule has 0 aromatic rings. The van der Waals surface area contributed by atoms with Crippen LogP contribution in [-0.2, 0) is 19.1 Å². The minimum Gasteiger partial charge on any atom is -0.462 e. The number of ether oxygens (including phenoxy) is 2. The predicted octanol–water partition coefficient (Wildman–Crippen LogP) is 11.7. The van der Waals surface area contributed by atoms with Crippen molar-refractivity contribution in [2.75, 3.05) is 13.2 Å². The third kappa shape index (κ3) is 33.5. The van der Waals surface area contributed by atoms with Crippen molar-refractivity contribution in [2.45, 2.75) is 213 Å². The highest BCUT2D eigenvalue weighted by molar-refractivity contribution is 5.70. The third-order valence-electron chi connectivity index (χ3n) is 8.56. The number of carbonyl (C=O) groups excluding carboxylic acids is 2. The van der Waals surface area contributed by atoms with Crippen LogP contribution < -0.4 is 0 Å². The van der Waals surface area contributed by atoms with Crippen molar-refractivity contribution < 1.29 is 24.2 Å². The van der Waals surface area contributed by atoms with Gasteiger partial charge >= 0.3 is 11.9 Å². The Morgan fingerprint density at radius 3 is 1.23 bits per heavy atom. The lowest BCUT2D eigenvalue weighted by molar-refractivity contribution is -0.161. The molecule has 0 aliphatic rings. The van der Waals surface area contributed by atoms with Crippen LogP contribution in [0.2, 0.25) is 0 Å². The summed E-state index contributed by atoms with van der Waals surface area (Å²) < 4.78 is 10.6. The third-order valence-corrected chi connectivity index (χ3v) is 8.56. The number of rotatable bonds is 35. The van der Waals surface area contributed by atoms with Crippen molar-refractivity contribution in [3.05, 3.63) is 12.2 Å². The molecule has 0 bridgehead atoms. The van der Waals surface area contributed by atoms with E-state index in [0.29, 0.717) is 12.8 Å². The topological polar surface area (TPSA) is 72.8 Å². The fourth-order valence-corrected chi connectivity index (χ4v) is 5.61. The number of allylic oxidation sites excluding steroid dienone is 2. The van der Waals surface area contributed by atoms with Gasteiger partial charge in [-0.05, 0) is 38.5 Å². The van der Waals surface area contributed by atoms with E-state index in [4.69, 9.17) is 9.47 Å². The van der Waals surface area contributed by atoms with E-state index in [2.05, 4.69) is 26.0 Å². The molecule has 0 aromatic carbocycles. The van der Waals surface area contributed by atoms with Gasteiger partial charge in [-0.2, -0.15) is 0 Å². The minimum atomic E-state index is -0.766. The van der Waals surface area contributed by atoms with Crippen LogP contribution in [0.5, 0.6) is 0 Å². The van der Waals surface area contributed by atoms with E-state index < -0.39 is 6.10 Å². The highest BCUT2D eigenvalue weighted by Crippen LogP contribution is 2.14. The Morgan fingerprint density at radius 1 is 0.500 bits per heavy atom. The molecule has 0 saturated carbocycles. The number of hydrogen-bond donors (Lipinski definition) is 1. The number of carbonyl (C=O) groups is 2. The van der Waals surface area contributed by atoms with Crippen LogP contribution >= 0.6 is 0 Å². The van der Waals surface area contributed by atoms with Gasteiger partial charge in [0.1, 0.15) is 6.61 Å². The molecule has 0 amide bonds. The van der Waals surface area contributed by atoms with Gasteiger partial charge in [0.05, 0.1) is 6.61 Å². The van der Waals surface area contributed by atoms with Crippen molar-refractivity contribution in [1.82, 2.24) is 0 Å². The molecule has 260 valence electrons. The zero-order valence-electron chi connectivity index (χ0n) is 29.4. The van der Waals surface area contributed by atoms with Gasteiger partial charge in [0.2, 0.25) is 0 Å². The Labute approximate surface area is 273 Å². The summed E-state index contributed by atoms with van der Waals surface area (Å²) in [7, 11) is 0. The number of hydrogen-bond acceptors (Lipinski definition) is 5.